The van der Waals surface area contributed by atoms with Gasteiger partial charge in [0, 0.05) is 34.7 Å². The quantitative estimate of drug-likeness (QED) is 0.904. The summed E-state index contributed by atoms with van der Waals surface area (Å²) in [6.07, 6.45) is 4.55. The number of pyridine rings is 1. The average molecular weight is 267 g/mol. The van der Waals surface area contributed by atoms with Crippen molar-refractivity contribution in [2.24, 2.45) is 0 Å². The highest BCUT2D eigenvalue weighted by atomic mass is 35.5. The van der Waals surface area contributed by atoms with Crippen LogP contribution in [0.15, 0.2) is 42.7 Å². The fourth-order valence-electron chi connectivity index (χ4n) is 1.55. The summed E-state index contributed by atoms with van der Waals surface area (Å²) in [5, 5.41) is 4.56. The standard InChI is InChI=1S/C13H12Cl2N2/c14-11-6-12(15)8-13(7-11)17-5-3-10-2-1-4-16-9-10/h1-2,4,6-9,17H,3,5H2. The second kappa shape index (κ2) is 5.89. The number of aromatic nitrogens is 1. The first-order chi connectivity index (χ1) is 8.24. The van der Waals surface area contributed by atoms with E-state index in [1.165, 1.54) is 5.56 Å². The topological polar surface area (TPSA) is 24.9 Å². The minimum atomic E-state index is 0.640. The number of anilines is 1. The van der Waals surface area contributed by atoms with Crippen LogP contribution in [0.3, 0.4) is 0 Å². The molecule has 0 bridgehead atoms. The normalized spacial score (nSPS) is 10.2. The molecule has 2 aromatic rings. The molecule has 0 fully saturated rings. The van der Waals surface area contributed by atoms with Gasteiger partial charge in [0.15, 0.2) is 0 Å². The molecule has 0 unspecified atom stereocenters. The maximum Gasteiger partial charge on any atom is 0.0441 e. The van der Waals surface area contributed by atoms with Crippen LogP contribution in [0.25, 0.3) is 0 Å². The molecule has 0 aliphatic rings. The molecule has 1 heterocycles. The van der Waals surface area contributed by atoms with Crippen LogP contribution in [0.5, 0.6) is 0 Å². The molecule has 1 N–H and O–H groups in total. The monoisotopic (exact) mass is 266 g/mol. The lowest BCUT2D eigenvalue weighted by molar-refractivity contribution is 1.01. The maximum absolute atomic E-state index is 5.91. The first kappa shape index (κ1) is 12.2. The molecule has 88 valence electrons. The molecule has 0 amide bonds. The summed E-state index contributed by atoms with van der Waals surface area (Å²) in [6.45, 7) is 0.822. The van der Waals surface area contributed by atoms with Gasteiger partial charge in [-0.1, -0.05) is 29.3 Å². The minimum absolute atomic E-state index is 0.640. The Morgan fingerprint density at radius 1 is 1.12 bits per heavy atom. The van der Waals surface area contributed by atoms with Crippen molar-refractivity contribution in [2.45, 2.75) is 6.42 Å². The van der Waals surface area contributed by atoms with E-state index >= 15 is 0 Å². The van der Waals surface area contributed by atoms with E-state index in [-0.39, 0.29) is 0 Å². The molecule has 0 saturated heterocycles. The van der Waals surface area contributed by atoms with Gasteiger partial charge in [-0.15, -0.1) is 0 Å². The highest BCUT2D eigenvalue weighted by Crippen LogP contribution is 2.22. The van der Waals surface area contributed by atoms with Gasteiger partial charge in [-0.25, -0.2) is 0 Å². The predicted molar refractivity (Wildman–Crippen MR) is 72.9 cm³/mol. The molecule has 17 heavy (non-hydrogen) atoms. The summed E-state index contributed by atoms with van der Waals surface area (Å²) in [6, 6.07) is 9.42. The number of hydrogen-bond donors (Lipinski definition) is 1. The molecule has 2 nitrogen and oxygen atoms in total. The van der Waals surface area contributed by atoms with Crippen molar-refractivity contribution in [1.29, 1.82) is 0 Å². The van der Waals surface area contributed by atoms with Crippen LogP contribution in [0.1, 0.15) is 5.56 Å². The zero-order chi connectivity index (χ0) is 12.1. The van der Waals surface area contributed by atoms with Gasteiger partial charge in [0.25, 0.3) is 0 Å². The smallest absolute Gasteiger partial charge is 0.0441 e. The fourth-order valence-corrected chi connectivity index (χ4v) is 2.08. The molecular weight excluding hydrogens is 255 g/mol. The molecule has 1 aromatic heterocycles. The van der Waals surface area contributed by atoms with Crippen LogP contribution in [-0.2, 0) is 6.42 Å². The Bertz CT molecular complexity index is 466. The van der Waals surface area contributed by atoms with Gasteiger partial charge in [-0.3, -0.25) is 4.98 Å². The Morgan fingerprint density at radius 3 is 2.53 bits per heavy atom. The van der Waals surface area contributed by atoms with Crippen LogP contribution in [-0.4, -0.2) is 11.5 Å². The second-order valence-corrected chi connectivity index (χ2v) is 4.57. The van der Waals surface area contributed by atoms with Gasteiger partial charge in [0.1, 0.15) is 0 Å². The van der Waals surface area contributed by atoms with Crippen molar-refractivity contribution in [2.75, 3.05) is 11.9 Å². The van der Waals surface area contributed by atoms with Gasteiger partial charge < -0.3 is 5.32 Å². The van der Waals surface area contributed by atoms with Gasteiger partial charge in [0.05, 0.1) is 0 Å². The van der Waals surface area contributed by atoms with Gasteiger partial charge in [0.2, 0.25) is 0 Å². The molecule has 1 aromatic carbocycles. The highest BCUT2D eigenvalue weighted by Gasteiger charge is 1.98. The average Bonchev–Trinajstić information content (AvgIpc) is 2.29. The molecule has 4 heteroatoms. The Balaban J connectivity index is 1.90. The number of hydrogen-bond acceptors (Lipinski definition) is 2. The number of nitrogens with one attached hydrogen (secondary N) is 1. The van der Waals surface area contributed by atoms with E-state index in [1.54, 1.807) is 12.3 Å². The number of halogens is 2. The SMILES string of the molecule is Clc1cc(Cl)cc(NCCc2cccnc2)c1. The zero-order valence-electron chi connectivity index (χ0n) is 9.16. The molecular formula is C13H12Cl2N2. The summed E-state index contributed by atoms with van der Waals surface area (Å²) < 4.78 is 0. The Kier molecular flexibility index (Phi) is 4.24. The van der Waals surface area contributed by atoms with Crippen LogP contribution in [0.4, 0.5) is 5.69 Å². The molecule has 0 atom stereocenters. The fraction of sp³-hybridized carbons (Fsp3) is 0.154. The van der Waals surface area contributed by atoms with Crippen molar-refractivity contribution in [1.82, 2.24) is 4.98 Å². The number of rotatable bonds is 4. The van der Waals surface area contributed by atoms with Crippen molar-refractivity contribution in [3.05, 3.63) is 58.3 Å². The predicted octanol–water partition coefficient (Wildman–Crippen LogP) is 4.04. The lowest BCUT2D eigenvalue weighted by Crippen LogP contribution is -2.04. The van der Waals surface area contributed by atoms with E-state index in [0.29, 0.717) is 10.0 Å². The first-order valence-corrected chi connectivity index (χ1v) is 6.08. The lowest BCUT2D eigenvalue weighted by atomic mass is 10.2. The maximum atomic E-state index is 5.91. The van der Waals surface area contributed by atoms with E-state index < -0.39 is 0 Å². The third-order valence-electron chi connectivity index (χ3n) is 2.33. The number of nitrogens with zero attached hydrogens (tertiary/aromatic N) is 1. The summed E-state index contributed by atoms with van der Waals surface area (Å²) >= 11 is 11.8. The summed E-state index contributed by atoms with van der Waals surface area (Å²) in [5.41, 5.74) is 2.14. The Hall–Kier alpha value is -1.25. The van der Waals surface area contributed by atoms with Crippen molar-refractivity contribution in [3.63, 3.8) is 0 Å². The first-order valence-electron chi connectivity index (χ1n) is 5.33. The van der Waals surface area contributed by atoms with Gasteiger partial charge in [-0.05, 0) is 36.2 Å². The molecule has 0 aliphatic carbocycles. The van der Waals surface area contributed by atoms with Crippen LogP contribution in [0, 0.1) is 0 Å². The largest absolute Gasteiger partial charge is 0.385 e. The Labute approximate surface area is 111 Å². The third-order valence-corrected chi connectivity index (χ3v) is 2.76. The summed E-state index contributed by atoms with van der Waals surface area (Å²) in [5.74, 6) is 0. The van der Waals surface area contributed by atoms with Gasteiger partial charge in [-0.2, -0.15) is 0 Å². The third kappa shape index (κ3) is 3.91. The van der Waals surface area contributed by atoms with Crippen LogP contribution in [0.2, 0.25) is 10.0 Å². The van der Waals surface area contributed by atoms with Crippen molar-refractivity contribution >= 4 is 28.9 Å². The summed E-state index contributed by atoms with van der Waals surface area (Å²) in [7, 11) is 0. The minimum Gasteiger partial charge on any atom is -0.385 e. The summed E-state index contributed by atoms with van der Waals surface area (Å²) in [4.78, 5) is 4.07. The van der Waals surface area contributed by atoms with Gasteiger partial charge >= 0.3 is 0 Å². The van der Waals surface area contributed by atoms with E-state index in [4.69, 9.17) is 23.2 Å². The van der Waals surface area contributed by atoms with Crippen molar-refractivity contribution < 1.29 is 0 Å². The van der Waals surface area contributed by atoms with Crippen LogP contribution < -0.4 is 5.32 Å². The molecule has 0 saturated carbocycles. The molecule has 0 radical (unpaired) electrons. The van der Waals surface area contributed by atoms with Crippen molar-refractivity contribution in [3.8, 4) is 0 Å². The zero-order valence-corrected chi connectivity index (χ0v) is 10.7. The van der Waals surface area contributed by atoms with E-state index in [1.807, 2.05) is 24.4 Å². The highest BCUT2D eigenvalue weighted by molar-refractivity contribution is 6.35. The lowest BCUT2D eigenvalue weighted by Gasteiger charge is -2.07. The van der Waals surface area contributed by atoms with E-state index in [9.17, 15) is 0 Å². The Morgan fingerprint density at radius 2 is 1.88 bits per heavy atom. The van der Waals surface area contributed by atoms with E-state index in [0.717, 1.165) is 18.7 Å². The second-order valence-electron chi connectivity index (χ2n) is 3.70. The molecule has 0 aliphatic heterocycles. The molecule has 2 rings (SSSR count). The van der Waals surface area contributed by atoms with E-state index in [2.05, 4.69) is 16.4 Å². The molecule has 0 spiro atoms. The number of benzene rings is 1. The van der Waals surface area contributed by atoms with Crippen LogP contribution >= 0.6 is 23.2 Å².